The molecule has 3 saturated carbocycles. The Balaban J connectivity index is 1.22. The maximum Gasteiger partial charge on any atom is 0.0829 e. The van der Waals surface area contributed by atoms with E-state index in [0.29, 0.717) is 31.9 Å². The van der Waals surface area contributed by atoms with Gasteiger partial charge in [-0.3, -0.25) is 5.01 Å². The minimum absolute atomic E-state index is 0.00909. The number of hydrazone groups is 1. The van der Waals surface area contributed by atoms with Gasteiger partial charge in [-0.2, -0.15) is 5.10 Å². The normalized spacial score (nSPS) is 38.2. The second-order valence-corrected chi connectivity index (χ2v) is 15.4. The van der Waals surface area contributed by atoms with Crippen LogP contribution in [0.5, 0.6) is 0 Å². The molecule has 3 nitrogen and oxygen atoms in total. The molecule has 2 aromatic carbocycles. The fraction of sp³-hybridized carbons (Fsp3) is 0.559. The van der Waals surface area contributed by atoms with Crippen molar-refractivity contribution in [2.75, 3.05) is 5.01 Å². The lowest BCUT2D eigenvalue weighted by Gasteiger charge is -2.58. The van der Waals surface area contributed by atoms with E-state index in [4.69, 9.17) is 51.5 Å². The summed E-state index contributed by atoms with van der Waals surface area (Å²) >= 11 is 25.8. The molecule has 1 aliphatic heterocycles. The van der Waals surface area contributed by atoms with Crippen LogP contribution in [0.1, 0.15) is 83.2 Å². The Morgan fingerprint density at radius 1 is 0.854 bits per heavy atom. The molecule has 0 aromatic heterocycles. The number of aliphatic hydroxyl groups excluding tert-OH is 1. The zero-order chi connectivity index (χ0) is 28.7. The van der Waals surface area contributed by atoms with E-state index in [2.05, 4.69) is 31.0 Å². The number of hydrogen-bond donors (Lipinski definition) is 1. The molecule has 7 rings (SSSR count). The predicted molar refractivity (Wildman–Crippen MR) is 171 cm³/mol. The second-order valence-electron chi connectivity index (χ2n) is 13.8. The van der Waals surface area contributed by atoms with Crippen LogP contribution in [0.3, 0.4) is 0 Å². The average molecular weight is 633 g/mol. The van der Waals surface area contributed by atoms with Gasteiger partial charge in [0.15, 0.2) is 0 Å². The van der Waals surface area contributed by atoms with Crippen LogP contribution in [-0.4, -0.2) is 16.9 Å². The highest BCUT2D eigenvalue weighted by atomic mass is 35.5. The molecule has 3 fully saturated rings. The summed E-state index contributed by atoms with van der Waals surface area (Å²) in [5, 5.41) is 20.2. The van der Waals surface area contributed by atoms with Gasteiger partial charge < -0.3 is 5.11 Å². The summed E-state index contributed by atoms with van der Waals surface area (Å²) in [4.78, 5) is 0. The molecule has 1 unspecified atom stereocenters. The fourth-order valence-electron chi connectivity index (χ4n) is 9.80. The average Bonchev–Trinajstić information content (AvgIpc) is 3.52. The van der Waals surface area contributed by atoms with Crippen LogP contribution in [0.2, 0.25) is 20.1 Å². The molecular formula is C34H38Cl4N2O. The Labute approximate surface area is 263 Å². The summed E-state index contributed by atoms with van der Waals surface area (Å²) in [6, 6.07) is 11.6. The van der Waals surface area contributed by atoms with Crippen LogP contribution >= 0.6 is 46.4 Å². The van der Waals surface area contributed by atoms with Gasteiger partial charge in [-0.1, -0.05) is 78.0 Å². The van der Waals surface area contributed by atoms with Crippen molar-refractivity contribution in [2.24, 2.45) is 39.6 Å². The van der Waals surface area contributed by atoms with E-state index in [0.717, 1.165) is 48.8 Å². The molecule has 1 heterocycles. The summed E-state index contributed by atoms with van der Waals surface area (Å²) < 4.78 is 0. The lowest BCUT2D eigenvalue weighted by molar-refractivity contribution is -0.0424. The Morgan fingerprint density at radius 3 is 2.46 bits per heavy atom. The van der Waals surface area contributed by atoms with E-state index >= 15 is 0 Å². The van der Waals surface area contributed by atoms with Crippen molar-refractivity contribution in [3.05, 3.63) is 73.7 Å². The maximum absolute atomic E-state index is 10.4. The number of halogens is 4. The quantitative estimate of drug-likeness (QED) is 0.342. The third kappa shape index (κ3) is 4.60. The molecule has 4 aliphatic carbocycles. The van der Waals surface area contributed by atoms with Crippen molar-refractivity contribution >= 4 is 57.8 Å². The molecule has 7 heteroatoms. The van der Waals surface area contributed by atoms with Gasteiger partial charge in [0.1, 0.15) is 0 Å². The van der Waals surface area contributed by atoms with Crippen LogP contribution in [-0.2, 0) is 0 Å². The second kappa shape index (κ2) is 10.4. The molecule has 0 saturated heterocycles. The van der Waals surface area contributed by atoms with E-state index < -0.39 is 0 Å². The number of anilines is 1. The molecule has 2 aromatic rings. The number of aliphatic hydroxyl groups is 1. The number of nitrogens with zero attached hydrogens (tertiary/aromatic N) is 2. The summed E-state index contributed by atoms with van der Waals surface area (Å²) in [5.41, 5.74) is 5.27. The number of allylic oxidation sites excluding steroid dienone is 1. The molecule has 0 amide bonds. The SMILES string of the molecule is C[C@]12CC[C@H]3[C@@H](CC=C4C[C@@H](O)CC[C@@]43C)[C@@H]1CC[C@@H]2C1=NN(c2ccc(Cl)cc2Cl)C(c2ccc(Cl)c(Cl)c2)C1. The molecule has 1 N–H and O–H groups in total. The Morgan fingerprint density at radius 2 is 1.68 bits per heavy atom. The predicted octanol–water partition coefficient (Wildman–Crippen LogP) is 10.5. The highest BCUT2D eigenvalue weighted by molar-refractivity contribution is 6.42. The number of rotatable bonds is 3. The first kappa shape index (κ1) is 28.5. The third-order valence-electron chi connectivity index (χ3n) is 11.9. The highest BCUT2D eigenvalue weighted by Gasteiger charge is 2.59. The first-order valence-electron chi connectivity index (χ1n) is 15.2. The van der Waals surface area contributed by atoms with Crippen molar-refractivity contribution in [3.63, 3.8) is 0 Å². The molecule has 0 radical (unpaired) electrons. The van der Waals surface area contributed by atoms with Crippen molar-refractivity contribution in [2.45, 2.75) is 83.8 Å². The van der Waals surface area contributed by atoms with Gasteiger partial charge in [-0.25, -0.2) is 0 Å². The van der Waals surface area contributed by atoms with E-state index in [1.165, 1.54) is 43.4 Å². The van der Waals surface area contributed by atoms with E-state index in [1.54, 1.807) is 6.07 Å². The number of fused-ring (bicyclic) bond motifs is 5. The van der Waals surface area contributed by atoms with Crippen molar-refractivity contribution in [1.29, 1.82) is 0 Å². The Bertz CT molecular complexity index is 1440. The van der Waals surface area contributed by atoms with Gasteiger partial charge in [-0.05, 0) is 116 Å². The van der Waals surface area contributed by atoms with Crippen LogP contribution in [0, 0.1) is 34.5 Å². The Kier molecular flexibility index (Phi) is 7.27. The zero-order valence-electron chi connectivity index (χ0n) is 23.7. The largest absolute Gasteiger partial charge is 0.393 e. The van der Waals surface area contributed by atoms with Crippen molar-refractivity contribution in [1.82, 2.24) is 0 Å². The molecule has 218 valence electrons. The number of hydrogen-bond acceptors (Lipinski definition) is 3. The van der Waals surface area contributed by atoms with E-state index in [1.807, 2.05) is 24.3 Å². The monoisotopic (exact) mass is 630 g/mol. The lowest BCUT2D eigenvalue weighted by atomic mass is 9.47. The van der Waals surface area contributed by atoms with Gasteiger partial charge in [0.05, 0.1) is 32.9 Å². The first-order valence-corrected chi connectivity index (χ1v) is 16.7. The third-order valence-corrected chi connectivity index (χ3v) is 13.2. The lowest BCUT2D eigenvalue weighted by Crippen LogP contribution is -2.51. The van der Waals surface area contributed by atoms with Gasteiger partial charge in [-0.15, -0.1) is 0 Å². The molecule has 41 heavy (non-hydrogen) atoms. The summed E-state index contributed by atoms with van der Waals surface area (Å²) in [6.45, 7) is 5.07. The van der Waals surface area contributed by atoms with Gasteiger partial charge in [0, 0.05) is 23.1 Å². The van der Waals surface area contributed by atoms with Crippen LogP contribution in [0.4, 0.5) is 5.69 Å². The summed E-state index contributed by atoms with van der Waals surface area (Å²) in [6.07, 6.45) is 12.3. The van der Waals surface area contributed by atoms with Crippen LogP contribution in [0.25, 0.3) is 0 Å². The fourth-order valence-corrected chi connectivity index (χ4v) is 10.6. The smallest absolute Gasteiger partial charge is 0.0829 e. The highest BCUT2D eigenvalue weighted by Crippen LogP contribution is 2.67. The van der Waals surface area contributed by atoms with Crippen molar-refractivity contribution < 1.29 is 5.11 Å². The molecular weight excluding hydrogens is 594 g/mol. The van der Waals surface area contributed by atoms with Gasteiger partial charge in [0.2, 0.25) is 0 Å². The number of benzene rings is 2. The molecule has 8 atom stereocenters. The molecule has 0 bridgehead atoms. The summed E-state index contributed by atoms with van der Waals surface area (Å²) in [7, 11) is 0. The molecule has 0 spiro atoms. The van der Waals surface area contributed by atoms with E-state index in [-0.39, 0.29) is 23.0 Å². The van der Waals surface area contributed by atoms with Crippen LogP contribution in [0.15, 0.2) is 53.1 Å². The molecule has 5 aliphatic rings. The van der Waals surface area contributed by atoms with Gasteiger partial charge in [0.25, 0.3) is 0 Å². The zero-order valence-corrected chi connectivity index (χ0v) is 26.7. The van der Waals surface area contributed by atoms with Crippen molar-refractivity contribution in [3.8, 4) is 0 Å². The minimum atomic E-state index is -0.156. The summed E-state index contributed by atoms with van der Waals surface area (Å²) in [5.74, 6) is 2.59. The first-order chi connectivity index (χ1) is 19.6. The van der Waals surface area contributed by atoms with Gasteiger partial charge >= 0.3 is 0 Å². The Hall–Kier alpha value is -1.23. The minimum Gasteiger partial charge on any atom is -0.393 e. The maximum atomic E-state index is 10.4. The van der Waals surface area contributed by atoms with Crippen LogP contribution < -0.4 is 5.01 Å². The standard InChI is InChI=1S/C34H38Cl4N2O/c1-33-13-11-22(41)16-20(33)4-6-23-24-7-8-26(34(24,2)14-12-25(23)33)30-18-32(19-3-9-27(36)28(37)15-19)40(39-30)31-10-5-21(35)17-29(31)38/h3-5,9-10,15,17,22-26,32,41H,6-8,11-14,16,18H2,1-2H3/t22-,23-,24-,25-,26+,32?,33-,34-/m0/s1. The van der Waals surface area contributed by atoms with E-state index in [9.17, 15) is 5.11 Å². The topological polar surface area (TPSA) is 35.8 Å².